The number of likely N-dealkylation sites (tertiary alicyclic amines) is 1. The van der Waals surface area contributed by atoms with Crippen LogP contribution in [0.2, 0.25) is 5.02 Å². The Labute approximate surface area is 104 Å². The molecule has 1 aliphatic heterocycles. The number of nitrogens with zero attached hydrogens (tertiary/aromatic N) is 1. The molecule has 1 heterocycles. The molecule has 0 radical (unpaired) electrons. The van der Waals surface area contributed by atoms with Crippen LogP contribution < -0.4 is 5.73 Å². The predicted octanol–water partition coefficient (Wildman–Crippen LogP) is 2.57. The Bertz CT molecular complexity index is 425. The summed E-state index contributed by atoms with van der Waals surface area (Å²) in [6, 6.07) is 2.70. The minimum absolute atomic E-state index is 0.0196. The van der Waals surface area contributed by atoms with Gasteiger partial charge in [-0.2, -0.15) is 0 Å². The fourth-order valence-electron chi connectivity index (χ4n) is 2.44. The second-order valence-corrected chi connectivity index (χ2v) is 4.94. The maximum Gasteiger partial charge on any atom is 0.177 e. The minimum atomic E-state index is -0.964. The van der Waals surface area contributed by atoms with Crippen LogP contribution in [0.25, 0.3) is 0 Å². The fraction of sp³-hybridized carbons (Fsp3) is 0.500. The highest BCUT2D eigenvalue weighted by molar-refractivity contribution is 6.31. The average molecular weight is 261 g/mol. The Hall–Kier alpha value is -0.710. The lowest BCUT2D eigenvalue weighted by Gasteiger charge is -2.20. The molecule has 1 aromatic rings. The van der Waals surface area contributed by atoms with Gasteiger partial charge in [-0.15, -0.1) is 0 Å². The number of nitrogens with two attached hydrogens (primary N) is 1. The highest BCUT2D eigenvalue weighted by Crippen LogP contribution is 2.38. The van der Waals surface area contributed by atoms with Crippen molar-refractivity contribution in [3.8, 4) is 0 Å². The van der Waals surface area contributed by atoms with Crippen molar-refractivity contribution < 1.29 is 8.78 Å². The molecule has 94 valence electrons. The van der Waals surface area contributed by atoms with Gasteiger partial charge < -0.3 is 5.73 Å². The lowest BCUT2D eigenvalue weighted by molar-refractivity contribution is 0.312. The first-order valence-electron chi connectivity index (χ1n) is 5.58. The number of benzene rings is 1. The molecule has 2 rings (SSSR count). The normalized spacial score (nSPS) is 25.5. The third-order valence-electron chi connectivity index (χ3n) is 3.39. The third kappa shape index (κ3) is 2.30. The van der Waals surface area contributed by atoms with E-state index in [-0.39, 0.29) is 11.1 Å². The first kappa shape index (κ1) is 12.7. The van der Waals surface area contributed by atoms with E-state index >= 15 is 0 Å². The molecule has 0 saturated carbocycles. The van der Waals surface area contributed by atoms with Gasteiger partial charge in [0.25, 0.3) is 0 Å². The predicted molar refractivity (Wildman–Crippen MR) is 63.9 cm³/mol. The van der Waals surface area contributed by atoms with Gasteiger partial charge in [-0.05, 0) is 37.6 Å². The largest absolute Gasteiger partial charge is 0.330 e. The lowest BCUT2D eigenvalue weighted by atomic mass is 9.99. The van der Waals surface area contributed by atoms with Gasteiger partial charge in [0.1, 0.15) is 0 Å². The van der Waals surface area contributed by atoms with Crippen LogP contribution in [0.4, 0.5) is 8.78 Å². The summed E-state index contributed by atoms with van der Waals surface area (Å²) in [6.07, 6.45) is 0.831. The Morgan fingerprint density at radius 2 is 2.18 bits per heavy atom. The second-order valence-electron chi connectivity index (χ2n) is 4.56. The highest BCUT2D eigenvalue weighted by Gasteiger charge is 2.32. The Morgan fingerprint density at radius 1 is 1.47 bits per heavy atom. The van der Waals surface area contributed by atoms with Crippen molar-refractivity contribution in [2.24, 2.45) is 11.7 Å². The van der Waals surface area contributed by atoms with E-state index in [0.717, 1.165) is 19.0 Å². The summed E-state index contributed by atoms with van der Waals surface area (Å²) in [5, 5.41) is -0.112. The van der Waals surface area contributed by atoms with Crippen molar-refractivity contribution in [2.75, 3.05) is 20.1 Å². The Morgan fingerprint density at radius 3 is 2.76 bits per heavy atom. The molecule has 2 nitrogen and oxygen atoms in total. The van der Waals surface area contributed by atoms with E-state index in [1.165, 1.54) is 0 Å². The van der Waals surface area contributed by atoms with Gasteiger partial charge in [-0.3, -0.25) is 4.90 Å². The van der Waals surface area contributed by atoms with E-state index in [2.05, 4.69) is 4.90 Å². The summed E-state index contributed by atoms with van der Waals surface area (Å²) in [4.78, 5) is 2.08. The van der Waals surface area contributed by atoms with Crippen LogP contribution in [0.1, 0.15) is 18.0 Å². The maximum absolute atomic E-state index is 13.4. The summed E-state index contributed by atoms with van der Waals surface area (Å²) < 4.78 is 26.4. The van der Waals surface area contributed by atoms with Crippen LogP contribution in [0, 0.1) is 17.6 Å². The van der Waals surface area contributed by atoms with Gasteiger partial charge >= 0.3 is 0 Å². The number of halogens is 3. The first-order valence-corrected chi connectivity index (χ1v) is 5.96. The zero-order valence-electron chi connectivity index (χ0n) is 9.59. The molecule has 17 heavy (non-hydrogen) atoms. The van der Waals surface area contributed by atoms with Crippen LogP contribution in [-0.2, 0) is 0 Å². The zero-order chi connectivity index (χ0) is 12.6. The van der Waals surface area contributed by atoms with E-state index in [9.17, 15) is 8.78 Å². The van der Waals surface area contributed by atoms with E-state index in [0.29, 0.717) is 18.0 Å². The van der Waals surface area contributed by atoms with E-state index in [1.807, 2.05) is 7.05 Å². The number of hydrogen-bond donors (Lipinski definition) is 1. The van der Waals surface area contributed by atoms with Crippen LogP contribution >= 0.6 is 11.6 Å². The molecule has 1 fully saturated rings. The molecule has 2 unspecified atom stereocenters. The second kappa shape index (κ2) is 4.88. The molecule has 1 aliphatic rings. The van der Waals surface area contributed by atoms with Crippen molar-refractivity contribution in [2.45, 2.75) is 12.5 Å². The molecule has 2 atom stereocenters. The summed E-state index contributed by atoms with van der Waals surface area (Å²) >= 11 is 5.86. The van der Waals surface area contributed by atoms with Gasteiger partial charge in [-0.25, -0.2) is 8.78 Å². The molecule has 1 saturated heterocycles. The summed E-state index contributed by atoms with van der Waals surface area (Å²) in [6.45, 7) is 1.46. The Balaban J connectivity index is 2.32. The molecular weight excluding hydrogens is 246 g/mol. The van der Waals surface area contributed by atoms with E-state index in [1.54, 1.807) is 6.07 Å². The fourth-order valence-corrected chi connectivity index (χ4v) is 2.72. The zero-order valence-corrected chi connectivity index (χ0v) is 10.3. The average Bonchev–Trinajstić information content (AvgIpc) is 2.68. The van der Waals surface area contributed by atoms with Crippen molar-refractivity contribution >= 4 is 11.6 Å². The molecule has 5 heteroatoms. The molecule has 1 aromatic carbocycles. The van der Waals surface area contributed by atoms with Crippen LogP contribution in [0.5, 0.6) is 0 Å². The van der Waals surface area contributed by atoms with Crippen molar-refractivity contribution in [1.82, 2.24) is 4.90 Å². The summed E-state index contributed by atoms with van der Waals surface area (Å²) in [5.74, 6) is -1.49. The summed E-state index contributed by atoms with van der Waals surface area (Å²) in [7, 11) is 1.94. The van der Waals surface area contributed by atoms with Crippen LogP contribution in [0.15, 0.2) is 12.1 Å². The Kier molecular flexibility index (Phi) is 3.66. The molecule has 0 aromatic heterocycles. The highest BCUT2D eigenvalue weighted by atomic mass is 35.5. The van der Waals surface area contributed by atoms with E-state index in [4.69, 9.17) is 17.3 Å². The maximum atomic E-state index is 13.4. The summed E-state index contributed by atoms with van der Waals surface area (Å²) in [5.41, 5.74) is 6.28. The molecule has 0 spiro atoms. The number of hydrogen-bond acceptors (Lipinski definition) is 2. The standard InChI is InChI=1S/C12H15ClF2N2/c1-17-6-7(5-16)4-10(17)8-2-3-9(14)12(15)11(8)13/h2-3,7,10H,4-6,16H2,1H3. The molecule has 0 bridgehead atoms. The first-order chi connectivity index (χ1) is 8.04. The lowest BCUT2D eigenvalue weighted by Crippen LogP contribution is -2.20. The monoisotopic (exact) mass is 260 g/mol. The third-order valence-corrected chi connectivity index (χ3v) is 3.78. The van der Waals surface area contributed by atoms with Gasteiger partial charge in [0.2, 0.25) is 0 Å². The SMILES string of the molecule is CN1CC(CN)CC1c1ccc(F)c(F)c1Cl. The smallest absolute Gasteiger partial charge is 0.177 e. The van der Waals surface area contributed by atoms with Gasteiger partial charge in [-0.1, -0.05) is 17.7 Å². The number of rotatable bonds is 2. The van der Waals surface area contributed by atoms with Gasteiger partial charge in [0.15, 0.2) is 11.6 Å². The van der Waals surface area contributed by atoms with E-state index < -0.39 is 11.6 Å². The van der Waals surface area contributed by atoms with Crippen molar-refractivity contribution in [1.29, 1.82) is 0 Å². The quantitative estimate of drug-likeness (QED) is 0.828. The molecular formula is C12H15ClF2N2. The molecule has 0 amide bonds. The molecule has 2 N–H and O–H groups in total. The van der Waals surface area contributed by atoms with Crippen LogP contribution in [0.3, 0.4) is 0 Å². The van der Waals surface area contributed by atoms with Crippen molar-refractivity contribution in [3.63, 3.8) is 0 Å². The van der Waals surface area contributed by atoms with Gasteiger partial charge in [0, 0.05) is 12.6 Å². The molecule has 0 aliphatic carbocycles. The van der Waals surface area contributed by atoms with Crippen molar-refractivity contribution in [3.05, 3.63) is 34.4 Å². The van der Waals surface area contributed by atoms with Crippen LogP contribution in [-0.4, -0.2) is 25.0 Å². The minimum Gasteiger partial charge on any atom is -0.330 e. The van der Waals surface area contributed by atoms with Gasteiger partial charge in [0.05, 0.1) is 5.02 Å². The topological polar surface area (TPSA) is 29.3 Å².